The number of carbonyl (C=O) groups excluding carboxylic acids is 1. The van der Waals surface area contributed by atoms with Crippen LogP contribution in [0.4, 0.5) is 11.4 Å². The number of aromatic nitrogens is 4. The first kappa shape index (κ1) is 21.8. The van der Waals surface area contributed by atoms with Crippen LogP contribution in [0.1, 0.15) is 23.6 Å². The molecule has 1 atom stereocenters. The Kier molecular flexibility index (Phi) is 5.40. The highest BCUT2D eigenvalue weighted by atomic mass is 32.2. The van der Waals surface area contributed by atoms with E-state index in [0.29, 0.717) is 21.9 Å². The monoisotopic (exact) mass is 476 g/mol. The van der Waals surface area contributed by atoms with Crippen LogP contribution in [0.2, 0.25) is 0 Å². The molecule has 3 heterocycles. The molecule has 34 heavy (non-hydrogen) atoms. The molecule has 172 valence electrons. The maximum atomic E-state index is 13.3. The van der Waals surface area contributed by atoms with Crippen molar-refractivity contribution in [1.82, 2.24) is 19.3 Å². The Morgan fingerprint density at radius 2 is 2.03 bits per heavy atom. The molecule has 1 aliphatic heterocycles. The summed E-state index contributed by atoms with van der Waals surface area (Å²) in [5.41, 5.74) is 3.24. The van der Waals surface area contributed by atoms with Crippen LogP contribution in [0.25, 0.3) is 16.7 Å². The van der Waals surface area contributed by atoms with Gasteiger partial charge >= 0.3 is 0 Å². The number of nitro benzene ring substituents is 1. The van der Waals surface area contributed by atoms with E-state index in [0.717, 1.165) is 16.8 Å². The van der Waals surface area contributed by atoms with Gasteiger partial charge < -0.3 is 5.32 Å². The predicted octanol–water partition coefficient (Wildman–Crippen LogP) is 3.78. The number of benzene rings is 2. The van der Waals surface area contributed by atoms with Crippen molar-refractivity contribution in [3.63, 3.8) is 0 Å². The highest BCUT2D eigenvalue weighted by Gasteiger charge is 2.30. The van der Waals surface area contributed by atoms with Crippen LogP contribution in [0.5, 0.6) is 0 Å². The van der Waals surface area contributed by atoms with Crippen molar-refractivity contribution >= 4 is 40.1 Å². The highest BCUT2D eigenvalue weighted by molar-refractivity contribution is 7.99. The van der Waals surface area contributed by atoms with Crippen LogP contribution in [-0.4, -0.2) is 35.9 Å². The van der Waals surface area contributed by atoms with Gasteiger partial charge in [-0.25, -0.2) is 9.67 Å². The van der Waals surface area contributed by atoms with Gasteiger partial charge in [0.1, 0.15) is 11.1 Å². The van der Waals surface area contributed by atoms with E-state index in [9.17, 15) is 19.7 Å². The number of nitro groups is 1. The molecule has 1 unspecified atom stereocenters. The predicted molar refractivity (Wildman–Crippen MR) is 129 cm³/mol. The summed E-state index contributed by atoms with van der Waals surface area (Å²) in [6, 6.07) is 11.5. The maximum Gasteiger partial charge on any atom is 0.292 e. The van der Waals surface area contributed by atoms with Crippen LogP contribution in [-0.2, 0) is 4.79 Å². The zero-order valence-electron chi connectivity index (χ0n) is 18.4. The second kappa shape index (κ2) is 8.41. The van der Waals surface area contributed by atoms with Gasteiger partial charge in [0.2, 0.25) is 5.91 Å². The Hall–Kier alpha value is -3.99. The van der Waals surface area contributed by atoms with Crippen molar-refractivity contribution in [2.24, 2.45) is 0 Å². The number of para-hydroxylation sites is 2. The lowest BCUT2D eigenvalue weighted by atomic mass is 10.1. The average Bonchev–Trinajstić information content (AvgIpc) is 3.41. The molecule has 11 heteroatoms. The Bertz CT molecular complexity index is 1530. The normalized spacial score (nSPS) is 14.8. The molecule has 1 aliphatic rings. The minimum atomic E-state index is -0.547. The summed E-state index contributed by atoms with van der Waals surface area (Å²) in [5, 5.41) is 19.1. The van der Waals surface area contributed by atoms with Gasteiger partial charge in [-0.3, -0.25) is 24.3 Å². The van der Waals surface area contributed by atoms with E-state index in [4.69, 9.17) is 0 Å². The van der Waals surface area contributed by atoms with Crippen LogP contribution in [0.3, 0.4) is 0 Å². The second-order valence-corrected chi connectivity index (χ2v) is 9.11. The third kappa shape index (κ3) is 3.73. The number of amides is 1. The molecule has 5 rings (SSSR count). The molecule has 0 radical (unpaired) electrons. The first-order valence-corrected chi connectivity index (χ1v) is 11.6. The van der Waals surface area contributed by atoms with Crippen molar-refractivity contribution in [2.75, 3.05) is 11.1 Å². The third-order valence-electron chi connectivity index (χ3n) is 5.90. The lowest BCUT2D eigenvalue weighted by molar-refractivity contribution is -0.383. The minimum absolute atomic E-state index is 0.00949. The fourth-order valence-electron chi connectivity index (χ4n) is 3.98. The zero-order chi connectivity index (χ0) is 24.0. The largest absolute Gasteiger partial charge is 0.320 e. The number of fused-ring (bicyclic) bond motifs is 2. The molecule has 1 amide bonds. The Morgan fingerprint density at radius 1 is 1.24 bits per heavy atom. The van der Waals surface area contributed by atoms with E-state index in [1.807, 2.05) is 32.0 Å². The molecule has 2 aromatic carbocycles. The summed E-state index contributed by atoms with van der Waals surface area (Å²) >= 11 is 1.40. The number of rotatable bonds is 5. The number of aryl methyl sites for hydroxylation is 2. The Labute approximate surface area is 197 Å². The summed E-state index contributed by atoms with van der Waals surface area (Å²) in [7, 11) is 0. The number of nitrogens with zero attached hydrogens (tertiary/aromatic N) is 5. The molecule has 0 aliphatic carbocycles. The summed E-state index contributed by atoms with van der Waals surface area (Å²) in [6.45, 7) is 4.04. The molecule has 0 saturated carbocycles. The SMILES string of the molecule is Cc1ccc(-n2ncc3c(=O)n4c(nc32)SCC4CC(=O)Nc2ccccc2[N+](=O)[O-])cc1C. The number of hydrogen-bond donors (Lipinski definition) is 1. The Morgan fingerprint density at radius 3 is 2.79 bits per heavy atom. The van der Waals surface area contributed by atoms with Gasteiger partial charge in [0, 0.05) is 18.2 Å². The maximum absolute atomic E-state index is 13.3. The summed E-state index contributed by atoms with van der Waals surface area (Å²) < 4.78 is 3.18. The molecule has 4 aromatic rings. The number of thioether (sulfide) groups is 1. The molecule has 2 aromatic heterocycles. The van der Waals surface area contributed by atoms with Gasteiger partial charge in [-0.15, -0.1) is 0 Å². The molecule has 0 bridgehead atoms. The number of nitrogens with one attached hydrogen (secondary N) is 1. The lowest BCUT2D eigenvalue weighted by Gasteiger charge is -2.13. The van der Waals surface area contributed by atoms with Crippen molar-refractivity contribution in [3.05, 3.63) is 80.3 Å². The zero-order valence-corrected chi connectivity index (χ0v) is 19.2. The molecule has 0 saturated heterocycles. The summed E-state index contributed by atoms with van der Waals surface area (Å²) in [5.74, 6) is 0.0847. The first-order valence-electron chi connectivity index (χ1n) is 10.6. The number of hydrogen-bond acceptors (Lipinski definition) is 7. The van der Waals surface area contributed by atoms with E-state index in [1.165, 1.54) is 40.7 Å². The topological polar surface area (TPSA) is 125 Å². The minimum Gasteiger partial charge on any atom is -0.320 e. The fourth-order valence-corrected chi connectivity index (χ4v) is 5.11. The molecule has 10 nitrogen and oxygen atoms in total. The Balaban J connectivity index is 1.44. The molecular weight excluding hydrogens is 456 g/mol. The van der Waals surface area contributed by atoms with Gasteiger partial charge in [-0.2, -0.15) is 5.10 Å². The summed E-state index contributed by atoms with van der Waals surface area (Å²) in [6.07, 6.45) is 1.49. The average molecular weight is 477 g/mol. The van der Waals surface area contributed by atoms with Gasteiger partial charge in [-0.05, 0) is 43.2 Å². The quantitative estimate of drug-likeness (QED) is 0.264. The van der Waals surface area contributed by atoms with E-state index < -0.39 is 16.9 Å². The molecular formula is C23H20N6O4S. The van der Waals surface area contributed by atoms with Gasteiger partial charge in [-0.1, -0.05) is 30.0 Å². The number of anilines is 1. The van der Waals surface area contributed by atoms with Crippen LogP contribution in [0.15, 0.2) is 58.6 Å². The van der Waals surface area contributed by atoms with Gasteiger partial charge in [0.15, 0.2) is 10.8 Å². The van der Waals surface area contributed by atoms with Crippen molar-refractivity contribution in [2.45, 2.75) is 31.5 Å². The lowest BCUT2D eigenvalue weighted by Crippen LogP contribution is -2.27. The van der Waals surface area contributed by atoms with Crippen molar-refractivity contribution in [3.8, 4) is 5.69 Å². The van der Waals surface area contributed by atoms with E-state index >= 15 is 0 Å². The first-order chi connectivity index (χ1) is 16.3. The highest BCUT2D eigenvalue weighted by Crippen LogP contribution is 2.34. The molecule has 0 spiro atoms. The van der Waals surface area contributed by atoms with E-state index in [1.54, 1.807) is 10.7 Å². The van der Waals surface area contributed by atoms with E-state index in [-0.39, 0.29) is 23.4 Å². The van der Waals surface area contributed by atoms with Crippen LogP contribution >= 0.6 is 11.8 Å². The second-order valence-electron chi connectivity index (χ2n) is 8.12. The van der Waals surface area contributed by atoms with Crippen molar-refractivity contribution in [1.29, 1.82) is 0 Å². The van der Waals surface area contributed by atoms with Crippen LogP contribution in [0, 0.1) is 24.0 Å². The third-order valence-corrected chi connectivity index (χ3v) is 7.00. The molecule has 0 fully saturated rings. The smallest absolute Gasteiger partial charge is 0.292 e. The standard InChI is InChI=1S/C23H20N6O4S/c1-13-7-8-15(9-14(13)2)28-21-17(11-24-28)22(31)27-16(12-34-23(27)26-21)10-20(30)25-18-5-3-4-6-19(18)29(32)33/h3-9,11,16H,10,12H2,1-2H3,(H,25,30). The van der Waals surface area contributed by atoms with Crippen molar-refractivity contribution < 1.29 is 9.72 Å². The fraction of sp³-hybridized carbons (Fsp3) is 0.217. The summed E-state index contributed by atoms with van der Waals surface area (Å²) in [4.78, 5) is 41.3. The van der Waals surface area contributed by atoms with E-state index in [2.05, 4.69) is 15.4 Å². The molecule has 1 N–H and O–H groups in total. The van der Waals surface area contributed by atoms with Gasteiger partial charge in [0.05, 0.1) is 22.8 Å². The number of carbonyl (C=O) groups is 1. The van der Waals surface area contributed by atoms with Crippen LogP contribution < -0.4 is 10.9 Å². The van der Waals surface area contributed by atoms with Gasteiger partial charge in [0.25, 0.3) is 11.2 Å².